The lowest BCUT2D eigenvalue weighted by Gasteiger charge is -2.32. The van der Waals surface area contributed by atoms with Gasteiger partial charge in [-0.2, -0.15) is 0 Å². The molecule has 0 aromatic rings. The molecule has 0 bridgehead atoms. The predicted octanol–water partition coefficient (Wildman–Crippen LogP) is 14.6. The van der Waals surface area contributed by atoms with E-state index >= 15 is 0 Å². The van der Waals surface area contributed by atoms with Crippen molar-refractivity contribution in [2.24, 2.45) is 10.7 Å². The Hall–Kier alpha value is -3.10. The van der Waals surface area contributed by atoms with E-state index in [0.717, 1.165) is 83.8 Å². The van der Waals surface area contributed by atoms with Crippen molar-refractivity contribution < 1.29 is 39.8 Å². The number of unbranched alkanes of at least 4 members (excludes halogenated alkanes) is 20. The number of carbonyl (C=O) groups is 1. The quantitative estimate of drug-likeness (QED) is 0.0113. The Balaban J connectivity index is -0.00000132. The Morgan fingerprint density at radius 2 is 1.00 bits per heavy atom. The zero-order valence-corrected chi connectivity index (χ0v) is 49.6. The van der Waals surface area contributed by atoms with Crippen LogP contribution in [0, 0.1) is 0 Å². The van der Waals surface area contributed by atoms with Gasteiger partial charge in [-0.05, 0) is 123 Å². The van der Waals surface area contributed by atoms with Crippen LogP contribution in [0.5, 0.6) is 0 Å². The number of nitrogens with zero attached hydrogens (tertiary/aromatic N) is 3. The summed E-state index contributed by atoms with van der Waals surface area (Å²) in [4.78, 5) is 17.2. The van der Waals surface area contributed by atoms with E-state index in [-0.39, 0.29) is 31.8 Å². The van der Waals surface area contributed by atoms with Crippen molar-refractivity contribution in [2.75, 3.05) is 53.6 Å². The molecule has 7 N–H and O–H groups in total. The van der Waals surface area contributed by atoms with Crippen LogP contribution in [-0.4, -0.2) is 126 Å². The summed E-state index contributed by atoms with van der Waals surface area (Å²) in [5.74, 6) is -0.333. The first-order valence-electron chi connectivity index (χ1n) is 29.5. The first kappa shape index (κ1) is 79.8. The Bertz CT molecular complexity index is 1270. The Kier molecular flexibility index (Phi) is 75.3. The molecule has 1 amide bonds. The number of hydrogen-bond donors (Lipinski definition) is 6. The van der Waals surface area contributed by atoms with E-state index in [1.165, 1.54) is 129 Å². The van der Waals surface area contributed by atoms with Gasteiger partial charge in [0.1, 0.15) is 6.10 Å². The predicted molar refractivity (Wildman–Crippen MR) is 321 cm³/mol. The molecule has 0 heterocycles. The molecule has 3 unspecified atom stereocenters. The molecule has 12 heteroatoms. The van der Waals surface area contributed by atoms with E-state index in [1.54, 1.807) is 18.1 Å². The van der Waals surface area contributed by atoms with Crippen LogP contribution in [0.2, 0.25) is 0 Å². The molecule has 0 aliphatic rings. The van der Waals surface area contributed by atoms with Gasteiger partial charge in [-0.1, -0.05) is 180 Å². The van der Waals surface area contributed by atoms with E-state index in [2.05, 4.69) is 98.4 Å². The van der Waals surface area contributed by atoms with E-state index in [9.17, 15) is 20.1 Å². The second-order valence-corrected chi connectivity index (χ2v) is 18.5. The van der Waals surface area contributed by atoms with E-state index in [1.807, 2.05) is 27.7 Å². The number of amides is 1. The minimum atomic E-state index is -1.20. The number of aliphatic imine (C=N–C) groups is 1. The summed E-state index contributed by atoms with van der Waals surface area (Å²) in [5.41, 5.74) is 5.18. The summed E-state index contributed by atoms with van der Waals surface area (Å²) in [6.07, 6.45) is 52.6. The number of likely N-dealkylation sites (N-methyl/N-ethyl adjacent to an activating group) is 2. The maximum atomic E-state index is 10.5. The summed E-state index contributed by atoms with van der Waals surface area (Å²) >= 11 is 0. The highest BCUT2D eigenvalue weighted by atomic mass is 16.7. The van der Waals surface area contributed by atoms with Gasteiger partial charge in [0.05, 0.1) is 30.7 Å². The zero-order chi connectivity index (χ0) is 56.6. The molecule has 0 saturated carbocycles. The first-order valence-corrected chi connectivity index (χ1v) is 29.5. The third kappa shape index (κ3) is 65.0. The van der Waals surface area contributed by atoms with Crippen LogP contribution in [0.4, 0.5) is 0 Å². The van der Waals surface area contributed by atoms with Crippen molar-refractivity contribution in [1.29, 1.82) is 0 Å². The SMILES string of the molecule is C=CO.C=N/C(=C\N(C)C(CO)[C@@H](O)C(O)CCO)CN(C)CCCCCCOC(CCCCCCC/C=C\C/C=C\CCCCC)OCCCCCCCC/C=C\C/C=C\CCCCC.CC.CC.CC(N)=O. The lowest BCUT2D eigenvalue weighted by Crippen LogP contribution is -2.48. The second kappa shape index (κ2) is 69.9. The van der Waals surface area contributed by atoms with Crippen LogP contribution in [0.1, 0.15) is 235 Å². The number of allylic oxidation sites excluding steroid dienone is 8. The van der Waals surface area contributed by atoms with Crippen molar-refractivity contribution in [3.63, 3.8) is 0 Å². The molecule has 12 nitrogen and oxygen atoms in total. The summed E-state index contributed by atoms with van der Waals surface area (Å²) in [7, 11) is 3.78. The highest BCUT2D eigenvalue weighted by Gasteiger charge is 2.28. The van der Waals surface area contributed by atoms with Gasteiger partial charge >= 0.3 is 0 Å². The number of hydrogen-bond acceptors (Lipinski definition) is 11. The Morgan fingerprint density at radius 3 is 1.39 bits per heavy atom. The third-order valence-electron chi connectivity index (χ3n) is 11.7. The van der Waals surface area contributed by atoms with Crippen LogP contribution in [-0.2, 0) is 14.3 Å². The molecule has 0 rings (SSSR count). The zero-order valence-electron chi connectivity index (χ0n) is 49.6. The number of nitrogens with two attached hydrogens (primary N) is 1. The molecule has 0 aliphatic heterocycles. The highest BCUT2D eigenvalue weighted by Crippen LogP contribution is 2.16. The van der Waals surface area contributed by atoms with Gasteiger partial charge in [0.15, 0.2) is 6.29 Å². The molecule has 438 valence electrons. The number of carbonyl (C=O) groups excluding carboxylic acids is 1. The monoisotopic (exact) mass is 1050 g/mol. The summed E-state index contributed by atoms with van der Waals surface area (Å²) in [6.45, 7) is 22.9. The molecular formula is C62H122N4O8. The molecule has 74 heavy (non-hydrogen) atoms. The van der Waals surface area contributed by atoms with Crippen LogP contribution < -0.4 is 5.73 Å². The van der Waals surface area contributed by atoms with Gasteiger partial charge in [0.2, 0.25) is 5.91 Å². The fourth-order valence-electron chi connectivity index (χ4n) is 7.55. The Morgan fingerprint density at radius 1 is 0.622 bits per heavy atom. The topological polar surface area (TPSA) is 182 Å². The van der Waals surface area contributed by atoms with Crippen molar-refractivity contribution in [3.8, 4) is 0 Å². The average molecular weight is 1050 g/mol. The molecule has 0 fully saturated rings. The molecule has 0 aromatic heterocycles. The highest BCUT2D eigenvalue weighted by molar-refractivity contribution is 5.70. The lowest BCUT2D eigenvalue weighted by atomic mass is 10.0. The molecule has 0 spiro atoms. The standard InChI is InChI=1S/C54H101N3O6.C2H5NO.C2H4O.2C2H6/c1-6-8-10-12-14-16-18-20-22-24-26-28-30-32-35-39-45-62-53(41-37-33-31-29-27-25-23-21-19-17-15-13-11-9-7-2)63-46-40-36-34-38-43-56(4)47-50(55-3)48-57(5)51(49-59)54(61)52(60)42-44-58;1-2(3)4;1-2-3;2*1-2/h14-17,20-23,48,51-54,58-61H,3,6-13,18-19,24-47,49H2,1-2,4-5H3;1H3,(H2,3,4);2-3H,1H2;2*1-2H3/b16-14-,17-15-,22-20-,23-21-,50-48-;;;;/t51?,52?,53?,54-;;;;/m1..../s1. The smallest absolute Gasteiger partial charge is 0.214 e. The fourth-order valence-corrected chi connectivity index (χ4v) is 7.55. The number of primary amides is 1. The average Bonchev–Trinajstić information content (AvgIpc) is 3.39. The van der Waals surface area contributed by atoms with Gasteiger partial charge in [-0.25, -0.2) is 0 Å². The summed E-state index contributed by atoms with van der Waals surface area (Å²) in [6, 6.07) is -0.725. The molecule has 0 saturated heterocycles. The summed E-state index contributed by atoms with van der Waals surface area (Å²) in [5, 5.41) is 46.9. The van der Waals surface area contributed by atoms with E-state index < -0.39 is 18.2 Å². The van der Waals surface area contributed by atoms with Gasteiger partial charge in [-0.15, -0.1) is 0 Å². The maximum Gasteiger partial charge on any atom is 0.214 e. The number of aliphatic hydroxyl groups excluding tert-OH is 5. The first-order chi connectivity index (χ1) is 36.0. The van der Waals surface area contributed by atoms with Crippen LogP contribution in [0.15, 0.2) is 78.3 Å². The molecule has 4 atom stereocenters. The lowest BCUT2D eigenvalue weighted by molar-refractivity contribution is -0.148. The van der Waals surface area contributed by atoms with Crippen LogP contribution in [0.25, 0.3) is 0 Å². The van der Waals surface area contributed by atoms with E-state index in [0.29, 0.717) is 12.2 Å². The molecule has 0 aliphatic carbocycles. The minimum Gasteiger partial charge on any atom is -0.516 e. The van der Waals surface area contributed by atoms with Gasteiger partial charge in [-0.3, -0.25) is 9.79 Å². The van der Waals surface area contributed by atoms with Crippen molar-refractivity contribution in [2.45, 2.75) is 259 Å². The number of rotatable bonds is 48. The minimum absolute atomic E-state index is 0.0406. The van der Waals surface area contributed by atoms with E-state index in [4.69, 9.17) is 19.7 Å². The van der Waals surface area contributed by atoms with Crippen LogP contribution in [0.3, 0.4) is 0 Å². The van der Waals surface area contributed by atoms with Gasteiger partial charge in [0, 0.05) is 46.5 Å². The summed E-state index contributed by atoms with van der Waals surface area (Å²) < 4.78 is 12.7. The van der Waals surface area contributed by atoms with Crippen molar-refractivity contribution in [3.05, 3.63) is 73.3 Å². The largest absolute Gasteiger partial charge is 0.516 e. The van der Waals surface area contributed by atoms with Crippen molar-refractivity contribution in [1.82, 2.24) is 9.80 Å². The molecule has 0 radical (unpaired) electrons. The Labute approximate surface area is 457 Å². The maximum absolute atomic E-state index is 10.5. The molecule has 0 aromatic carbocycles. The van der Waals surface area contributed by atoms with Crippen LogP contribution >= 0.6 is 0 Å². The molecular weight excluding hydrogens is 929 g/mol. The van der Waals surface area contributed by atoms with Crippen molar-refractivity contribution >= 4 is 12.6 Å². The normalized spacial score (nSPS) is 13.1. The second-order valence-electron chi connectivity index (χ2n) is 18.5. The number of aliphatic hydroxyl groups is 5. The van der Waals surface area contributed by atoms with Gasteiger partial charge in [0.25, 0.3) is 0 Å². The third-order valence-corrected chi connectivity index (χ3v) is 11.7. The fraction of sp³-hybridized carbons (Fsp3) is 0.774. The number of ether oxygens (including phenoxy) is 2. The van der Waals surface area contributed by atoms with Gasteiger partial charge < -0.3 is 50.5 Å².